The van der Waals surface area contributed by atoms with E-state index in [-0.39, 0.29) is 5.25 Å². The molecule has 10 heteroatoms. The van der Waals surface area contributed by atoms with Gasteiger partial charge in [0.25, 0.3) is 5.22 Å². The van der Waals surface area contributed by atoms with Crippen LogP contribution in [0.5, 0.6) is 17.2 Å². The van der Waals surface area contributed by atoms with E-state index in [1.165, 1.54) is 11.8 Å². The van der Waals surface area contributed by atoms with Crippen molar-refractivity contribution in [3.05, 3.63) is 23.8 Å². The highest BCUT2D eigenvalue weighted by molar-refractivity contribution is 7.99. The molecule has 2 heterocycles. The Hall–Kier alpha value is -2.75. The van der Waals surface area contributed by atoms with E-state index in [0.29, 0.717) is 45.6 Å². The summed E-state index contributed by atoms with van der Waals surface area (Å²) in [5.41, 5.74) is 0.653. The van der Waals surface area contributed by atoms with Crippen LogP contribution in [-0.2, 0) is 0 Å². The number of thioether (sulfide) groups is 1. The van der Waals surface area contributed by atoms with Crippen molar-refractivity contribution < 1.29 is 23.2 Å². The van der Waals surface area contributed by atoms with Gasteiger partial charge in [-0.1, -0.05) is 16.9 Å². The zero-order valence-corrected chi connectivity index (χ0v) is 15.8. The Morgan fingerprint density at radius 3 is 2.27 bits per heavy atom. The zero-order valence-electron chi connectivity index (χ0n) is 15.0. The summed E-state index contributed by atoms with van der Waals surface area (Å²) in [6.07, 6.45) is 0. The minimum absolute atomic E-state index is 0.121. The van der Waals surface area contributed by atoms with Gasteiger partial charge in [0.2, 0.25) is 17.5 Å². The van der Waals surface area contributed by atoms with Crippen molar-refractivity contribution in [3.63, 3.8) is 0 Å². The summed E-state index contributed by atoms with van der Waals surface area (Å²) in [7, 11) is 4.64. The Bertz CT molecular complexity index is 869. The summed E-state index contributed by atoms with van der Waals surface area (Å²) in [5, 5.41) is 12.2. The highest BCUT2D eigenvalue weighted by Crippen LogP contribution is 2.41. The molecule has 0 radical (unpaired) electrons. The quantitative estimate of drug-likeness (QED) is 0.568. The number of rotatable bonds is 7. The molecule has 0 saturated heterocycles. The number of hydrogen-bond donors (Lipinski definition) is 0. The van der Waals surface area contributed by atoms with Gasteiger partial charge in [0.1, 0.15) is 0 Å². The summed E-state index contributed by atoms with van der Waals surface area (Å²) in [4.78, 5) is 4.20. The van der Waals surface area contributed by atoms with Crippen LogP contribution >= 0.6 is 11.8 Å². The van der Waals surface area contributed by atoms with Gasteiger partial charge in [0.15, 0.2) is 17.3 Å². The van der Waals surface area contributed by atoms with Gasteiger partial charge in [-0.2, -0.15) is 4.98 Å². The molecule has 138 valence electrons. The van der Waals surface area contributed by atoms with Crippen molar-refractivity contribution in [2.45, 2.75) is 24.3 Å². The van der Waals surface area contributed by atoms with E-state index in [1.807, 2.05) is 6.92 Å². The Morgan fingerprint density at radius 1 is 1.04 bits per heavy atom. The summed E-state index contributed by atoms with van der Waals surface area (Å²) < 4.78 is 26.9. The molecule has 0 aliphatic rings. The first-order chi connectivity index (χ1) is 12.5. The van der Waals surface area contributed by atoms with Gasteiger partial charge in [0, 0.05) is 5.56 Å². The van der Waals surface area contributed by atoms with Gasteiger partial charge >= 0.3 is 0 Å². The highest BCUT2D eigenvalue weighted by atomic mass is 32.2. The van der Waals surface area contributed by atoms with E-state index in [9.17, 15) is 0 Å². The van der Waals surface area contributed by atoms with E-state index in [2.05, 4.69) is 20.3 Å². The number of benzene rings is 1. The molecule has 0 aliphatic heterocycles. The fourth-order valence-electron chi connectivity index (χ4n) is 2.26. The maximum Gasteiger partial charge on any atom is 0.277 e. The van der Waals surface area contributed by atoms with Crippen molar-refractivity contribution >= 4 is 11.8 Å². The van der Waals surface area contributed by atoms with Gasteiger partial charge in [-0.15, -0.1) is 10.2 Å². The summed E-state index contributed by atoms with van der Waals surface area (Å²) in [5.74, 6) is 2.91. The molecule has 0 bridgehead atoms. The lowest BCUT2D eigenvalue weighted by Gasteiger charge is -2.12. The second kappa shape index (κ2) is 7.65. The number of aromatic nitrogens is 4. The molecule has 26 heavy (non-hydrogen) atoms. The average molecular weight is 378 g/mol. The van der Waals surface area contributed by atoms with E-state index in [4.69, 9.17) is 23.2 Å². The van der Waals surface area contributed by atoms with Crippen LogP contribution in [0.15, 0.2) is 26.3 Å². The molecule has 0 saturated carbocycles. The maximum atomic E-state index is 5.74. The first-order valence-electron chi connectivity index (χ1n) is 7.66. The van der Waals surface area contributed by atoms with Crippen LogP contribution < -0.4 is 14.2 Å². The van der Waals surface area contributed by atoms with Crippen LogP contribution in [0.1, 0.15) is 23.9 Å². The molecular formula is C16H18N4O5S. The van der Waals surface area contributed by atoms with E-state index >= 15 is 0 Å². The number of aryl methyl sites for hydroxylation is 1. The van der Waals surface area contributed by atoms with Crippen molar-refractivity contribution in [2.75, 3.05) is 21.3 Å². The van der Waals surface area contributed by atoms with Crippen LogP contribution in [0.25, 0.3) is 11.5 Å². The maximum absolute atomic E-state index is 5.74. The number of hydrogen-bond acceptors (Lipinski definition) is 10. The van der Waals surface area contributed by atoms with E-state index < -0.39 is 0 Å². The molecule has 1 aromatic carbocycles. The molecule has 0 fully saturated rings. The van der Waals surface area contributed by atoms with Crippen LogP contribution in [0, 0.1) is 6.92 Å². The SMILES string of the molecule is COc1cc(-c2nnc(SC(C)c3nc(C)no3)o2)cc(OC)c1OC. The lowest BCUT2D eigenvalue weighted by Crippen LogP contribution is -1.95. The third kappa shape index (κ3) is 3.59. The highest BCUT2D eigenvalue weighted by Gasteiger charge is 2.20. The predicted molar refractivity (Wildman–Crippen MR) is 92.7 cm³/mol. The summed E-state index contributed by atoms with van der Waals surface area (Å²) >= 11 is 1.33. The standard InChI is InChI=1S/C16H18N4O5S/c1-8(14-17-9(2)20-25-14)26-16-19-18-15(24-16)10-6-11(21-3)13(23-5)12(7-10)22-4/h6-8H,1-5H3. The first-order valence-corrected chi connectivity index (χ1v) is 8.54. The molecule has 9 nitrogen and oxygen atoms in total. The van der Waals surface area contributed by atoms with Crippen molar-refractivity contribution in [1.82, 2.24) is 20.3 Å². The van der Waals surface area contributed by atoms with Crippen molar-refractivity contribution in [1.29, 1.82) is 0 Å². The fraction of sp³-hybridized carbons (Fsp3) is 0.375. The Balaban J connectivity index is 1.85. The van der Waals surface area contributed by atoms with Crippen LogP contribution in [-0.4, -0.2) is 41.7 Å². The fourth-order valence-corrected chi connectivity index (χ4v) is 2.97. The topological polar surface area (TPSA) is 106 Å². The number of methoxy groups -OCH3 is 3. The molecule has 0 N–H and O–H groups in total. The number of nitrogens with zero attached hydrogens (tertiary/aromatic N) is 4. The zero-order chi connectivity index (χ0) is 18.7. The van der Waals surface area contributed by atoms with Gasteiger partial charge in [-0.3, -0.25) is 0 Å². The second-order valence-electron chi connectivity index (χ2n) is 5.23. The van der Waals surface area contributed by atoms with E-state index in [0.717, 1.165) is 0 Å². The third-order valence-corrected chi connectivity index (χ3v) is 4.41. The molecular weight excluding hydrogens is 360 g/mol. The third-order valence-electron chi connectivity index (χ3n) is 3.49. The molecule has 3 aromatic rings. The average Bonchev–Trinajstić information content (AvgIpc) is 3.29. The van der Waals surface area contributed by atoms with Crippen LogP contribution in [0.4, 0.5) is 0 Å². The predicted octanol–water partition coefficient (Wildman–Crippen LogP) is 3.31. The van der Waals surface area contributed by atoms with Crippen LogP contribution in [0.2, 0.25) is 0 Å². The Labute approximate surface area is 154 Å². The molecule has 1 unspecified atom stereocenters. The molecule has 1 atom stereocenters. The molecule has 3 rings (SSSR count). The molecule has 0 aliphatic carbocycles. The van der Waals surface area contributed by atoms with Gasteiger partial charge in [-0.05, 0) is 26.0 Å². The van der Waals surface area contributed by atoms with E-state index in [1.54, 1.807) is 40.4 Å². The Morgan fingerprint density at radius 2 is 1.73 bits per heavy atom. The minimum Gasteiger partial charge on any atom is -0.493 e. The molecule has 2 aromatic heterocycles. The smallest absolute Gasteiger partial charge is 0.277 e. The van der Waals surface area contributed by atoms with Gasteiger partial charge in [0.05, 0.1) is 26.6 Å². The van der Waals surface area contributed by atoms with Crippen LogP contribution in [0.3, 0.4) is 0 Å². The lowest BCUT2D eigenvalue weighted by atomic mass is 10.2. The normalized spacial score (nSPS) is 12.0. The minimum atomic E-state index is -0.121. The lowest BCUT2D eigenvalue weighted by molar-refractivity contribution is 0.324. The largest absolute Gasteiger partial charge is 0.493 e. The summed E-state index contributed by atoms with van der Waals surface area (Å²) in [6.45, 7) is 3.68. The Kier molecular flexibility index (Phi) is 5.31. The summed E-state index contributed by atoms with van der Waals surface area (Å²) in [6, 6.07) is 3.49. The van der Waals surface area contributed by atoms with Gasteiger partial charge in [-0.25, -0.2) is 0 Å². The second-order valence-corrected chi connectivity index (χ2v) is 6.52. The van der Waals surface area contributed by atoms with Crippen molar-refractivity contribution in [3.8, 4) is 28.7 Å². The number of ether oxygens (including phenoxy) is 3. The monoisotopic (exact) mass is 378 g/mol. The van der Waals surface area contributed by atoms with Crippen molar-refractivity contribution in [2.24, 2.45) is 0 Å². The first kappa shape index (κ1) is 18.1. The van der Waals surface area contributed by atoms with Gasteiger partial charge < -0.3 is 23.2 Å². The molecule has 0 spiro atoms. The molecule has 0 amide bonds.